The van der Waals surface area contributed by atoms with Crippen molar-refractivity contribution >= 4 is 24.5 Å². The third-order valence-corrected chi connectivity index (χ3v) is 3.45. The molecule has 2 heterocycles. The highest BCUT2D eigenvalue weighted by molar-refractivity contribution is 7.71. The summed E-state index contributed by atoms with van der Waals surface area (Å²) < 4.78 is 3.67. The molecule has 23 heavy (non-hydrogen) atoms. The Morgan fingerprint density at radius 1 is 1.22 bits per heavy atom. The Morgan fingerprint density at radius 2 is 2.00 bits per heavy atom. The zero-order valence-corrected chi connectivity index (χ0v) is 13.7. The van der Waals surface area contributed by atoms with Crippen molar-refractivity contribution in [1.29, 1.82) is 0 Å². The van der Waals surface area contributed by atoms with Crippen molar-refractivity contribution in [2.45, 2.75) is 13.8 Å². The second-order valence-corrected chi connectivity index (χ2v) is 5.40. The number of hydrogen-bond acceptors (Lipinski definition) is 4. The summed E-state index contributed by atoms with van der Waals surface area (Å²) >= 11 is 5.23. The van der Waals surface area contributed by atoms with Gasteiger partial charge in [-0.2, -0.15) is 14.9 Å². The van der Waals surface area contributed by atoms with Crippen LogP contribution in [0.15, 0.2) is 47.6 Å². The van der Waals surface area contributed by atoms with Gasteiger partial charge < -0.3 is 0 Å². The maximum absolute atomic E-state index is 5.23. The highest BCUT2D eigenvalue weighted by Gasteiger charge is 2.11. The molecule has 0 atom stereocenters. The number of benzene rings is 1. The molecule has 1 N–H and O–H groups in total. The van der Waals surface area contributed by atoms with E-state index in [1.165, 1.54) is 0 Å². The molecule has 6 nitrogen and oxygen atoms in total. The van der Waals surface area contributed by atoms with E-state index < -0.39 is 0 Å². The lowest BCUT2D eigenvalue weighted by molar-refractivity contribution is 0.714. The number of nitrogens with one attached hydrogen (secondary N) is 1. The van der Waals surface area contributed by atoms with Crippen molar-refractivity contribution < 1.29 is 0 Å². The van der Waals surface area contributed by atoms with Gasteiger partial charge in [0.05, 0.1) is 5.69 Å². The molecule has 0 aliphatic heterocycles. The summed E-state index contributed by atoms with van der Waals surface area (Å²) in [5.41, 5.74) is 2.98. The quantitative estimate of drug-likeness (QED) is 0.591. The number of aromatic nitrogens is 5. The highest BCUT2D eigenvalue weighted by atomic mass is 32.1. The van der Waals surface area contributed by atoms with Crippen LogP contribution in [0.25, 0.3) is 12.0 Å². The van der Waals surface area contributed by atoms with Crippen molar-refractivity contribution in [3.05, 3.63) is 64.2 Å². The van der Waals surface area contributed by atoms with Gasteiger partial charge in [-0.1, -0.05) is 36.4 Å². The van der Waals surface area contributed by atoms with E-state index in [2.05, 4.69) is 20.4 Å². The molecule has 0 saturated heterocycles. The lowest BCUT2D eigenvalue weighted by atomic mass is 10.2. The molecule has 0 fully saturated rings. The molecular formula is C16H16N6S. The van der Waals surface area contributed by atoms with E-state index in [0.29, 0.717) is 10.7 Å². The fraction of sp³-hybridized carbons (Fsp3) is 0.125. The molecule has 3 rings (SSSR count). The Labute approximate surface area is 138 Å². The fourth-order valence-corrected chi connectivity index (χ4v) is 2.35. The largest absolute Gasteiger partial charge is 0.271 e. The van der Waals surface area contributed by atoms with Crippen molar-refractivity contribution in [3.63, 3.8) is 0 Å². The normalized spacial score (nSPS) is 11.7. The first-order valence-electron chi connectivity index (χ1n) is 7.12. The maximum Gasteiger partial charge on any atom is 0.271 e. The maximum atomic E-state index is 5.23. The van der Waals surface area contributed by atoms with E-state index in [9.17, 15) is 0 Å². The molecule has 1 aromatic carbocycles. The minimum Gasteiger partial charge on any atom is -0.248 e. The van der Waals surface area contributed by atoms with Crippen LogP contribution in [0.3, 0.4) is 0 Å². The Hall–Kier alpha value is -2.80. The van der Waals surface area contributed by atoms with Gasteiger partial charge in [-0.15, -0.1) is 5.10 Å². The summed E-state index contributed by atoms with van der Waals surface area (Å²) in [5, 5.41) is 15.7. The monoisotopic (exact) mass is 324 g/mol. The van der Waals surface area contributed by atoms with E-state index in [1.807, 2.05) is 62.4 Å². The Balaban J connectivity index is 1.88. The zero-order chi connectivity index (χ0) is 16.2. The third-order valence-electron chi connectivity index (χ3n) is 3.19. The van der Waals surface area contributed by atoms with E-state index >= 15 is 0 Å². The molecule has 3 aromatic rings. The van der Waals surface area contributed by atoms with Gasteiger partial charge in [-0.3, -0.25) is 0 Å². The van der Waals surface area contributed by atoms with E-state index in [0.717, 1.165) is 17.0 Å². The zero-order valence-electron chi connectivity index (χ0n) is 12.8. The van der Waals surface area contributed by atoms with Gasteiger partial charge in [0.1, 0.15) is 0 Å². The first kappa shape index (κ1) is 15.1. The predicted molar refractivity (Wildman–Crippen MR) is 93.4 cm³/mol. The van der Waals surface area contributed by atoms with E-state index in [4.69, 9.17) is 12.2 Å². The number of aryl methyl sites for hydroxylation is 2. The van der Waals surface area contributed by atoms with Gasteiger partial charge in [0.2, 0.25) is 4.77 Å². The summed E-state index contributed by atoms with van der Waals surface area (Å²) in [6, 6.07) is 12.0. The minimum absolute atomic E-state index is 0.414. The summed E-state index contributed by atoms with van der Waals surface area (Å²) in [5.74, 6) is 0.532. The smallest absolute Gasteiger partial charge is 0.248 e. The molecule has 0 aliphatic rings. The number of hydrogen-bond donors (Lipinski definition) is 1. The van der Waals surface area contributed by atoms with Crippen LogP contribution >= 0.6 is 12.2 Å². The lowest BCUT2D eigenvalue weighted by Crippen LogP contribution is -2.06. The van der Waals surface area contributed by atoms with Gasteiger partial charge in [0.25, 0.3) is 5.95 Å². The molecule has 0 spiro atoms. The third kappa shape index (κ3) is 3.35. The number of nitrogens with zero attached hydrogens (tertiary/aromatic N) is 5. The van der Waals surface area contributed by atoms with Crippen LogP contribution < -0.4 is 0 Å². The average Bonchev–Trinajstić information content (AvgIpc) is 3.07. The Bertz CT molecular complexity index is 914. The summed E-state index contributed by atoms with van der Waals surface area (Å²) in [7, 11) is 0. The molecule has 0 bridgehead atoms. The second-order valence-electron chi connectivity index (χ2n) is 5.01. The van der Waals surface area contributed by atoms with Crippen molar-refractivity contribution in [2.24, 2.45) is 5.10 Å². The van der Waals surface area contributed by atoms with Gasteiger partial charge in [-0.25, -0.2) is 9.78 Å². The van der Waals surface area contributed by atoms with Crippen LogP contribution in [0.1, 0.15) is 17.0 Å². The minimum atomic E-state index is 0.414. The molecular weight excluding hydrogens is 308 g/mol. The standard InChI is InChI=1S/C16H16N6S/c1-12-11-13(2)21(20-12)15-18-19-16(23)22(15)17-10-6-9-14-7-4-3-5-8-14/h3-11H,1-2H3,(H,19,23)/b9-6+,17-10-. The van der Waals surface area contributed by atoms with Crippen molar-refractivity contribution in [1.82, 2.24) is 24.7 Å². The summed E-state index contributed by atoms with van der Waals surface area (Å²) in [6.45, 7) is 3.89. The molecule has 0 aliphatic carbocycles. The Kier molecular flexibility index (Phi) is 4.29. The first-order chi connectivity index (χ1) is 11.1. The summed E-state index contributed by atoms with van der Waals surface area (Å²) in [6.07, 6.45) is 5.50. The number of allylic oxidation sites excluding steroid dienone is 1. The molecule has 0 saturated carbocycles. The second kappa shape index (κ2) is 6.53. The first-order valence-corrected chi connectivity index (χ1v) is 7.53. The van der Waals surface area contributed by atoms with Gasteiger partial charge in [0.15, 0.2) is 0 Å². The summed E-state index contributed by atoms with van der Waals surface area (Å²) in [4.78, 5) is 0. The molecule has 0 unspecified atom stereocenters. The van der Waals surface area contributed by atoms with Crippen LogP contribution in [0.2, 0.25) is 0 Å². The van der Waals surface area contributed by atoms with Crippen LogP contribution in [0.5, 0.6) is 0 Å². The molecule has 116 valence electrons. The highest BCUT2D eigenvalue weighted by Crippen LogP contribution is 2.10. The number of rotatable bonds is 4. The van der Waals surface area contributed by atoms with E-state index in [1.54, 1.807) is 15.6 Å². The van der Waals surface area contributed by atoms with Gasteiger partial charge >= 0.3 is 0 Å². The van der Waals surface area contributed by atoms with Crippen LogP contribution in [0.4, 0.5) is 0 Å². The number of aromatic amines is 1. The topological polar surface area (TPSA) is 63.8 Å². The van der Waals surface area contributed by atoms with Gasteiger partial charge in [0, 0.05) is 11.9 Å². The lowest BCUT2D eigenvalue weighted by Gasteiger charge is -2.01. The van der Waals surface area contributed by atoms with Crippen LogP contribution in [0, 0.1) is 18.6 Å². The predicted octanol–water partition coefficient (Wildman–Crippen LogP) is 3.29. The fourth-order valence-electron chi connectivity index (χ4n) is 2.18. The number of H-pyrrole nitrogens is 1. The molecule has 7 heteroatoms. The molecule has 0 amide bonds. The SMILES string of the molecule is Cc1cc(C)n(-c2n[nH]c(=S)n2/N=C\C=C\c2ccccc2)n1. The van der Waals surface area contributed by atoms with Crippen molar-refractivity contribution in [3.8, 4) is 5.95 Å². The molecule has 2 aromatic heterocycles. The van der Waals surface area contributed by atoms with E-state index in [-0.39, 0.29) is 0 Å². The van der Waals surface area contributed by atoms with Crippen LogP contribution in [-0.2, 0) is 0 Å². The van der Waals surface area contributed by atoms with Crippen molar-refractivity contribution in [2.75, 3.05) is 0 Å². The Morgan fingerprint density at radius 3 is 2.70 bits per heavy atom. The average molecular weight is 324 g/mol. The van der Waals surface area contributed by atoms with Crippen LogP contribution in [-0.4, -0.2) is 30.9 Å². The molecule has 0 radical (unpaired) electrons. The van der Waals surface area contributed by atoms with Gasteiger partial charge in [-0.05, 0) is 43.8 Å².